The van der Waals surface area contributed by atoms with Gasteiger partial charge >= 0.3 is 6.03 Å². The van der Waals surface area contributed by atoms with Gasteiger partial charge in [0, 0.05) is 50.0 Å². The summed E-state index contributed by atoms with van der Waals surface area (Å²) in [6, 6.07) is 17.3. The Balaban J connectivity index is 1.23. The van der Waals surface area contributed by atoms with Gasteiger partial charge < -0.3 is 10.2 Å². The van der Waals surface area contributed by atoms with Crippen LogP contribution in [-0.2, 0) is 6.54 Å². The minimum Gasteiger partial charge on any atom is -0.322 e. The first-order chi connectivity index (χ1) is 16.5. The number of hydrogen-bond acceptors (Lipinski definition) is 6. The van der Waals surface area contributed by atoms with E-state index in [9.17, 15) is 9.59 Å². The number of aromatic nitrogens is 3. The zero-order chi connectivity index (χ0) is 23.7. The summed E-state index contributed by atoms with van der Waals surface area (Å²) in [6.45, 7) is 7.26. The van der Waals surface area contributed by atoms with Crippen LogP contribution >= 0.6 is 11.3 Å². The number of carbonyl (C=O) groups excluding carboxylic acids is 1. The van der Waals surface area contributed by atoms with Crippen molar-refractivity contribution < 1.29 is 4.79 Å². The maximum absolute atomic E-state index is 12.7. The highest BCUT2D eigenvalue weighted by atomic mass is 32.1. The highest BCUT2D eigenvalue weighted by Gasteiger charge is 2.22. The molecule has 0 aliphatic carbocycles. The van der Waals surface area contributed by atoms with Crippen molar-refractivity contribution in [1.29, 1.82) is 0 Å². The predicted octanol–water partition coefficient (Wildman–Crippen LogP) is 3.78. The van der Waals surface area contributed by atoms with Crippen molar-refractivity contribution in [3.63, 3.8) is 0 Å². The smallest absolute Gasteiger partial charge is 0.321 e. The number of nitrogens with zero attached hydrogens (tertiary/aromatic N) is 5. The van der Waals surface area contributed by atoms with E-state index in [2.05, 4.69) is 20.3 Å². The van der Waals surface area contributed by atoms with Gasteiger partial charge in [-0.25, -0.2) is 9.78 Å². The number of amides is 2. The number of nitrogens with one attached hydrogen (secondary N) is 1. The quantitative estimate of drug-likeness (QED) is 0.487. The number of aryl methyl sites for hydroxylation is 2. The molecule has 9 heteroatoms. The fourth-order valence-corrected chi connectivity index (χ4v) is 4.97. The van der Waals surface area contributed by atoms with Crippen LogP contribution < -0.4 is 10.9 Å². The number of rotatable bonds is 4. The lowest BCUT2D eigenvalue weighted by Gasteiger charge is -2.34. The largest absolute Gasteiger partial charge is 0.322 e. The molecule has 174 valence electrons. The summed E-state index contributed by atoms with van der Waals surface area (Å²) in [4.78, 5) is 34.7. The second kappa shape index (κ2) is 9.36. The number of urea groups is 1. The molecule has 1 saturated heterocycles. The first-order valence-corrected chi connectivity index (χ1v) is 12.1. The third-order valence-corrected chi connectivity index (χ3v) is 6.96. The van der Waals surface area contributed by atoms with Gasteiger partial charge in [0.25, 0.3) is 5.56 Å². The van der Waals surface area contributed by atoms with Gasteiger partial charge in [-0.1, -0.05) is 53.8 Å². The van der Waals surface area contributed by atoms with Crippen molar-refractivity contribution in [3.8, 4) is 10.6 Å². The van der Waals surface area contributed by atoms with Crippen molar-refractivity contribution in [2.24, 2.45) is 0 Å². The van der Waals surface area contributed by atoms with Crippen LogP contribution in [0.5, 0.6) is 0 Å². The molecule has 0 radical (unpaired) electrons. The van der Waals surface area contributed by atoms with Crippen molar-refractivity contribution in [3.05, 3.63) is 81.8 Å². The summed E-state index contributed by atoms with van der Waals surface area (Å²) < 4.78 is 1.37. The number of piperazine rings is 1. The van der Waals surface area contributed by atoms with Gasteiger partial charge in [0.2, 0.25) is 4.96 Å². The van der Waals surface area contributed by atoms with Crippen molar-refractivity contribution in [2.75, 3.05) is 31.5 Å². The third kappa shape index (κ3) is 4.71. The van der Waals surface area contributed by atoms with Crippen LogP contribution in [0.25, 0.3) is 15.5 Å². The lowest BCUT2D eigenvalue weighted by atomic mass is 10.1. The minimum absolute atomic E-state index is 0.0794. The topological polar surface area (TPSA) is 82.8 Å². The maximum Gasteiger partial charge on any atom is 0.321 e. The lowest BCUT2D eigenvalue weighted by molar-refractivity contribution is 0.142. The Hall–Kier alpha value is -3.56. The summed E-state index contributed by atoms with van der Waals surface area (Å²) in [6.07, 6.45) is 0. The molecule has 1 aliphatic rings. The van der Waals surface area contributed by atoms with Gasteiger partial charge in [0.15, 0.2) is 0 Å². The number of benzene rings is 2. The van der Waals surface area contributed by atoms with E-state index >= 15 is 0 Å². The Morgan fingerprint density at radius 2 is 1.79 bits per heavy atom. The molecule has 8 nitrogen and oxygen atoms in total. The molecule has 0 spiro atoms. The van der Waals surface area contributed by atoms with Gasteiger partial charge in [0.1, 0.15) is 5.01 Å². The van der Waals surface area contributed by atoms with E-state index in [4.69, 9.17) is 0 Å². The predicted molar refractivity (Wildman–Crippen MR) is 134 cm³/mol. The molecule has 0 saturated carbocycles. The maximum atomic E-state index is 12.7. The van der Waals surface area contributed by atoms with Gasteiger partial charge in [-0.05, 0) is 31.0 Å². The molecular formula is C25H26N6O2S. The average molecular weight is 475 g/mol. The summed E-state index contributed by atoms with van der Waals surface area (Å²) >= 11 is 1.41. The van der Waals surface area contributed by atoms with Gasteiger partial charge in [-0.15, -0.1) is 0 Å². The van der Waals surface area contributed by atoms with E-state index in [1.807, 2.05) is 67.3 Å². The van der Waals surface area contributed by atoms with Gasteiger partial charge in [-0.2, -0.15) is 9.61 Å². The van der Waals surface area contributed by atoms with Gasteiger partial charge in [-0.3, -0.25) is 9.69 Å². The molecule has 0 unspecified atom stereocenters. The van der Waals surface area contributed by atoms with E-state index in [0.29, 0.717) is 24.6 Å². The van der Waals surface area contributed by atoms with Crippen LogP contribution in [0.15, 0.2) is 59.4 Å². The molecule has 1 fully saturated rings. The minimum atomic E-state index is -0.176. The Bertz CT molecular complexity index is 1390. The fraction of sp³-hybridized carbons (Fsp3) is 0.280. The zero-order valence-electron chi connectivity index (χ0n) is 19.2. The Morgan fingerprint density at radius 3 is 2.56 bits per heavy atom. The van der Waals surface area contributed by atoms with Crippen molar-refractivity contribution in [2.45, 2.75) is 20.4 Å². The molecule has 0 bridgehead atoms. The van der Waals surface area contributed by atoms with Gasteiger partial charge in [0.05, 0.1) is 5.69 Å². The molecular weight excluding hydrogens is 448 g/mol. The van der Waals surface area contributed by atoms with Crippen molar-refractivity contribution >= 4 is 28.0 Å². The monoisotopic (exact) mass is 474 g/mol. The summed E-state index contributed by atoms with van der Waals surface area (Å²) in [5, 5.41) is 8.25. The zero-order valence-corrected chi connectivity index (χ0v) is 20.0. The van der Waals surface area contributed by atoms with Crippen molar-refractivity contribution in [1.82, 2.24) is 24.4 Å². The second-order valence-electron chi connectivity index (χ2n) is 8.57. The van der Waals surface area contributed by atoms with Crippen LogP contribution in [0.2, 0.25) is 0 Å². The van der Waals surface area contributed by atoms with E-state index < -0.39 is 0 Å². The summed E-state index contributed by atoms with van der Waals surface area (Å²) in [5.41, 5.74) is 4.53. The number of fused-ring (bicyclic) bond motifs is 1. The first kappa shape index (κ1) is 22.2. The van der Waals surface area contributed by atoms with Crippen LogP contribution in [0, 0.1) is 13.8 Å². The standard InChI is InChI=1S/C25H26N6O2S/c1-17-8-9-18(2)21(14-17)27-24(33)30-12-10-29(11-13-30)16-20-15-22(32)31-25(26-20)34-23(28-31)19-6-4-3-5-7-19/h3-9,14-15H,10-13,16H2,1-2H3,(H,27,33). The SMILES string of the molecule is Cc1ccc(C)c(NC(=O)N2CCN(Cc3cc(=O)n4nc(-c5ccccc5)sc4n3)CC2)c1. The highest BCUT2D eigenvalue weighted by molar-refractivity contribution is 7.19. The molecule has 3 heterocycles. The molecule has 34 heavy (non-hydrogen) atoms. The van der Waals surface area contributed by atoms with Crippen LogP contribution in [0.4, 0.5) is 10.5 Å². The number of anilines is 1. The lowest BCUT2D eigenvalue weighted by Crippen LogP contribution is -2.49. The first-order valence-electron chi connectivity index (χ1n) is 11.3. The van der Waals surface area contributed by atoms with E-state index in [-0.39, 0.29) is 11.6 Å². The van der Waals surface area contributed by atoms with Crippen LogP contribution in [0.1, 0.15) is 16.8 Å². The Kier molecular flexibility index (Phi) is 6.12. The van der Waals surface area contributed by atoms with Crippen LogP contribution in [0.3, 0.4) is 0 Å². The molecule has 2 aromatic heterocycles. The number of carbonyl (C=O) groups is 1. The Labute approximate surface area is 201 Å². The second-order valence-corrected chi connectivity index (χ2v) is 9.52. The molecule has 4 aromatic rings. The normalized spacial score (nSPS) is 14.5. The number of hydrogen-bond donors (Lipinski definition) is 1. The molecule has 1 aliphatic heterocycles. The molecule has 1 N–H and O–H groups in total. The highest BCUT2D eigenvalue weighted by Crippen LogP contribution is 2.24. The van der Waals surface area contributed by atoms with E-state index in [1.165, 1.54) is 15.9 Å². The van der Waals surface area contributed by atoms with E-state index in [1.54, 1.807) is 6.07 Å². The molecule has 2 aromatic carbocycles. The molecule has 2 amide bonds. The molecule has 5 rings (SSSR count). The fourth-order valence-electron chi connectivity index (χ4n) is 4.04. The summed E-state index contributed by atoms with van der Waals surface area (Å²) in [7, 11) is 0. The van der Waals surface area contributed by atoms with E-state index in [0.717, 1.165) is 46.2 Å². The van der Waals surface area contributed by atoms with Crippen LogP contribution in [-0.4, -0.2) is 56.6 Å². The Morgan fingerprint density at radius 1 is 1.03 bits per heavy atom. The molecule has 0 atom stereocenters. The summed E-state index contributed by atoms with van der Waals surface area (Å²) in [5.74, 6) is 0. The average Bonchev–Trinajstić information content (AvgIpc) is 3.27. The third-order valence-electron chi connectivity index (χ3n) is 6.00.